The molecule has 0 aliphatic rings. The molecule has 2 aromatic rings. The summed E-state index contributed by atoms with van der Waals surface area (Å²) in [7, 11) is 0. The zero-order valence-electron chi connectivity index (χ0n) is 10.5. The third kappa shape index (κ3) is 3.32. The Hall–Kier alpha value is -2.98. The van der Waals surface area contributed by atoms with Crippen LogP contribution in [0.3, 0.4) is 0 Å². The smallest absolute Gasteiger partial charge is 0.270 e. The Morgan fingerprint density at radius 3 is 2.62 bits per heavy atom. The maximum atomic E-state index is 10.6. The van der Waals surface area contributed by atoms with Crippen LogP contribution in [0.4, 0.5) is 22.7 Å². The molecule has 0 atom stereocenters. The van der Waals surface area contributed by atoms with Crippen molar-refractivity contribution in [2.24, 2.45) is 10.2 Å². The average molecular weight is 302 g/mol. The monoisotopic (exact) mass is 301 g/mol. The van der Waals surface area contributed by atoms with Crippen LogP contribution >= 0.6 is 11.6 Å². The molecule has 21 heavy (non-hydrogen) atoms. The Balaban J connectivity index is 2.34. The molecule has 0 fully saturated rings. The second-order valence-electron chi connectivity index (χ2n) is 3.98. The van der Waals surface area contributed by atoms with Crippen LogP contribution < -0.4 is 5.73 Å². The third-order valence-corrected chi connectivity index (χ3v) is 2.90. The first kappa shape index (κ1) is 14.4. The zero-order valence-corrected chi connectivity index (χ0v) is 11.3. The number of hydrogen-bond donors (Lipinski definition) is 1. The van der Waals surface area contributed by atoms with Crippen LogP contribution in [0.1, 0.15) is 5.56 Å². The first-order valence-electron chi connectivity index (χ1n) is 5.66. The van der Waals surface area contributed by atoms with Crippen molar-refractivity contribution in [3.05, 3.63) is 57.1 Å². The normalized spacial score (nSPS) is 10.5. The Morgan fingerprint density at radius 1 is 1.24 bits per heavy atom. The highest BCUT2D eigenvalue weighted by molar-refractivity contribution is 6.33. The van der Waals surface area contributed by atoms with Gasteiger partial charge in [-0.3, -0.25) is 10.1 Å². The van der Waals surface area contributed by atoms with E-state index in [0.29, 0.717) is 16.4 Å². The Labute approximate surface area is 124 Å². The minimum atomic E-state index is -0.582. The van der Waals surface area contributed by atoms with Crippen molar-refractivity contribution in [1.82, 2.24) is 0 Å². The van der Waals surface area contributed by atoms with Crippen molar-refractivity contribution in [3.63, 3.8) is 0 Å². The number of anilines is 1. The standard InChI is InChI=1S/C13H8ClN5O2/c14-11-6-9(1-3-12(11)16)17-18-13-4-2-10(19(20)21)5-8(13)7-15/h1-6H,16H2. The predicted octanol–water partition coefficient (Wildman–Crippen LogP) is 4.12. The van der Waals surface area contributed by atoms with Gasteiger partial charge in [0.15, 0.2) is 0 Å². The number of hydrogen-bond acceptors (Lipinski definition) is 6. The lowest BCUT2D eigenvalue weighted by atomic mass is 10.2. The predicted molar refractivity (Wildman–Crippen MR) is 77.9 cm³/mol. The fourth-order valence-corrected chi connectivity index (χ4v) is 1.68. The number of nitro groups is 1. The van der Waals surface area contributed by atoms with Crippen LogP contribution in [0.5, 0.6) is 0 Å². The fraction of sp³-hybridized carbons (Fsp3) is 0. The van der Waals surface area contributed by atoms with Gasteiger partial charge in [0.2, 0.25) is 0 Å². The van der Waals surface area contributed by atoms with E-state index in [1.807, 2.05) is 6.07 Å². The number of nitro benzene ring substituents is 1. The lowest BCUT2D eigenvalue weighted by Gasteiger charge is -1.99. The molecule has 2 rings (SSSR count). The summed E-state index contributed by atoms with van der Waals surface area (Å²) in [5.74, 6) is 0. The molecule has 0 aliphatic carbocycles. The number of nitrogen functional groups attached to an aromatic ring is 1. The van der Waals surface area contributed by atoms with Gasteiger partial charge in [-0.1, -0.05) is 11.6 Å². The van der Waals surface area contributed by atoms with Gasteiger partial charge >= 0.3 is 0 Å². The molecule has 0 saturated heterocycles. The Bertz CT molecular complexity index is 783. The first-order chi connectivity index (χ1) is 10.0. The van der Waals surface area contributed by atoms with Crippen LogP contribution in [-0.4, -0.2) is 4.92 Å². The van der Waals surface area contributed by atoms with E-state index in [2.05, 4.69) is 10.2 Å². The summed E-state index contributed by atoms with van der Waals surface area (Å²) >= 11 is 5.86. The van der Waals surface area contributed by atoms with Gasteiger partial charge in [-0.2, -0.15) is 10.4 Å². The quantitative estimate of drug-likeness (QED) is 0.397. The van der Waals surface area contributed by atoms with Gasteiger partial charge in [0.25, 0.3) is 5.69 Å². The molecule has 0 unspecified atom stereocenters. The fourth-order valence-electron chi connectivity index (χ4n) is 1.50. The molecule has 2 N–H and O–H groups in total. The molecule has 0 spiro atoms. The maximum Gasteiger partial charge on any atom is 0.270 e. The number of benzene rings is 2. The molecule has 8 heteroatoms. The highest BCUT2D eigenvalue weighted by atomic mass is 35.5. The summed E-state index contributed by atoms with van der Waals surface area (Å²) in [6.07, 6.45) is 0. The van der Waals surface area contributed by atoms with Crippen molar-refractivity contribution in [1.29, 1.82) is 5.26 Å². The lowest BCUT2D eigenvalue weighted by Crippen LogP contribution is -1.88. The van der Waals surface area contributed by atoms with Crippen molar-refractivity contribution < 1.29 is 4.92 Å². The van der Waals surface area contributed by atoms with Gasteiger partial charge < -0.3 is 5.73 Å². The van der Waals surface area contributed by atoms with Gasteiger partial charge in [0.05, 0.1) is 26.9 Å². The molecule has 0 bridgehead atoms. The van der Waals surface area contributed by atoms with Gasteiger partial charge in [-0.25, -0.2) is 0 Å². The summed E-state index contributed by atoms with van der Waals surface area (Å²) < 4.78 is 0. The summed E-state index contributed by atoms with van der Waals surface area (Å²) in [6.45, 7) is 0. The van der Waals surface area contributed by atoms with Crippen molar-refractivity contribution >= 4 is 34.4 Å². The molecule has 0 radical (unpaired) electrons. The van der Waals surface area contributed by atoms with E-state index in [1.54, 1.807) is 12.1 Å². The van der Waals surface area contributed by atoms with Crippen LogP contribution in [0.2, 0.25) is 5.02 Å². The SMILES string of the molecule is N#Cc1cc([N+](=O)[O-])ccc1N=Nc1ccc(N)c(Cl)c1. The summed E-state index contributed by atoms with van der Waals surface area (Å²) in [5.41, 5.74) is 6.57. The molecule has 0 aliphatic heterocycles. The van der Waals surface area contributed by atoms with Gasteiger partial charge in [0.1, 0.15) is 11.8 Å². The van der Waals surface area contributed by atoms with E-state index in [9.17, 15) is 10.1 Å². The minimum Gasteiger partial charge on any atom is -0.398 e. The highest BCUT2D eigenvalue weighted by Crippen LogP contribution is 2.28. The van der Waals surface area contributed by atoms with E-state index in [0.717, 1.165) is 6.07 Å². The molecule has 0 aromatic heterocycles. The maximum absolute atomic E-state index is 10.6. The molecular weight excluding hydrogens is 294 g/mol. The van der Waals surface area contributed by atoms with Crippen molar-refractivity contribution in [3.8, 4) is 6.07 Å². The number of rotatable bonds is 3. The summed E-state index contributed by atoms with van der Waals surface area (Å²) in [5, 5.41) is 27.8. The molecule has 0 heterocycles. The zero-order chi connectivity index (χ0) is 15.4. The number of azo groups is 1. The largest absolute Gasteiger partial charge is 0.398 e. The van der Waals surface area contributed by atoms with E-state index in [1.165, 1.54) is 18.2 Å². The number of nitrogens with two attached hydrogens (primary N) is 1. The number of non-ortho nitro benzene ring substituents is 1. The van der Waals surface area contributed by atoms with Gasteiger partial charge in [-0.05, 0) is 24.3 Å². The van der Waals surface area contributed by atoms with E-state index in [-0.39, 0.29) is 16.9 Å². The molecule has 7 nitrogen and oxygen atoms in total. The van der Waals surface area contributed by atoms with Crippen molar-refractivity contribution in [2.45, 2.75) is 0 Å². The number of nitriles is 1. The molecule has 2 aromatic carbocycles. The molecule has 0 amide bonds. The van der Waals surface area contributed by atoms with Crippen LogP contribution in [0.15, 0.2) is 46.6 Å². The average Bonchev–Trinajstić information content (AvgIpc) is 2.48. The second kappa shape index (κ2) is 5.98. The molecule has 104 valence electrons. The van der Waals surface area contributed by atoms with E-state index in [4.69, 9.17) is 22.6 Å². The molecular formula is C13H8ClN5O2. The van der Waals surface area contributed by atoms with Crippen LogP contribution in [0.25, 0.3) is 0 Å². The van der Waals surface area contributed by atoms with Crippen LogP contribution in [-0.2, 0) is 0 Å². The lowest BCUT2D eigenvalue weighted by molar-refractivity contribution is -0.384. The third-order valence-electron chi connectivity index (χ3n) is 2.57. The second-order valence-corrected chi connectivity index (χ2v) is 4.38. The van der Waals surface area contributed by atoms with Gasteiger partial charge in [-0.15, -0.1) is 5.11 Å². The van der Waals surface area contributed by atoms with Crippen LogP contribution in [0, 0.1) is 21.4 Å². The van der Waals surface area contributed by atoms with E-state index >= 15 is 0 Å². The topological polar surface area (TPSA) is 118 Å². The first-order valence-corrected chi connectivity index (χ1v) is 6.04. The Kier molecular flexibility index (Phi) is 4.11. The van der Waals surface area contributed by atoms with Crippen molar-refractivity contribution in [2.75, 3.05) is 5.73 Å². The summed E-state index contributed by atoms with van der Waals surface area (Å²) in [6, 6.07) is 10.3. The Morgan fingerprint density at radius 2 is 2.00 bits per heavy atom. The number of halogens is 1. The molecule has 0 saturated carbocycles. The summed E-state index contributed by atoms with van der Waals surface area (Å²) in [4.78, 5) is 10.1. The van der Waals surface area contributed by atoms with E-state index < -0.39 is 4.92 Å². The number of nitrogens with zero attached hydrogens (tertiary/aromatic N) is 4. The highest BCUT2D eigenvalue weighted by Gasteiger charge is 2.10. The minimum absolute atomic E-state index is 0.0643. The van der Waals surface area contributed by atoms with Gasteiger partial charge in [0, 0.05) is 12.1 Å².